The molecular weight excluding hydrogens is 264 g/mol. The molecule has 9 heteroatoms. The number of anilines is 1. The van der Waals surface area contributed by atoms with Crippen molar-refractivity contribution in [1.29, 1.82) is 0 Å². The van der Waals surface area contributed by atoms with Crippen LogP contribution in [0.1, 0.15) is 5.69 Å². The summed E-state index contributed by atoms with van der Waals surface area (Å²) in [5.41, 5.74) is 5.85. The largest absolute Gasteiger partial charge is 0.369 e. The summed E-state index contributed by atoms with van der Waals surface area (Å²) >= 11 is 0. The third kappa shape index (κ3) is 3.45. The minimum atomic E-state index is -0.496. The van der Waals surface area contributed by atoms with Crippen molar-refractivity contribution in [3.63, 3.8) is 0 Å². The summed E-state index contributed by atoms with van der Waals surface area (Å²) in [5, 5.41) is 18.2. The molecule has 1 aromatic carbocycles. The van der Waals surface area contributed by atoms with Gasteiger partial charge in [-0.25, -0.2) is 4.98 Å². The smallest absolute Gasteiger partial charge is 0.269 e. The molecule has 2 rings (SSSR count). The van der Waals surface area contributed by atoms with Gasteiger partial charge in [0.05, 0.1) is 16.3 Å². The minimum Gasteiger partial charge on any atom is -0.369 e. The molecule has 1 aromatic heterocycles. The highest BCUT2D eigenvalue weighted by Gasteiger charge is 2.03. The van der Waals surface area contributed by atoms with E-state index >= 15 is 0 Å². The van der Waals surface area contributed by atoms with Crippen LogP contribution < -0.4 is 11.3 Å². The van der Waals surface area contributed by atoms with Gasteiger partial charge in [-0.15, -0.1) is 0 Å². The Morgan fingerprint density at radius 1 is 1.35 bits per heavy atom. The first-order valence-electron chi connectivity index (χ1n) is 5.52. The molecule has 0 atom stereocenters. The fourth-order valence-corrected chi connectivity index (χ4v) is 1.44. The number of aromatic nitrogens is 2. The number of nitro groups is 1. The Balaban J connectivity index is 2.06. The highest BCUT2D eigenvalue weighted by Crippen LogP contribution is 2.18. The zero-order chi connectivity index (χ0) is 14.5. The standard InChI is InChI=1S/C11H10N6O3/c12-11-14-8(5-10(18)15-11)6-13-16-7-1-3-9(4-2-7)17(19)20/h1-5H,6H2,(H3,12,14,15,18). The van der Waals surface area contributed by atoms with Gasteiger partial charge in [0.15, 0.2) is 0 Å². The van der Waals surface area contributed by atoms with E-state index < -0.39 is 4.92 Å². The second-order valence-corrected chi connectivity index (χ2v) is 3.80. The number of nitro benzene ring substituents is 1. The second kappa shape index (κ2) is 5.69. The SMILES string of the molecule is Nc1nc(CN=Nc2ccc([N+](=O)[O-])cc2)cc(=O)[nH]1. The van der Waals surface area contributed by atoms with Crippen LogP contribution in [-0.4, -0.2) is 14.9 Å². The molecule has 0 fully saturated rings. The van der Waals surface area contributed by atoms with Gasteiger partial charge in [0.1, 0.15) is 6.54 Å². The van der Waals surface area contributed by atoms with Crippen molar-refractivity contribution >= 4 is 17.3 Å². The van der Waals surface area contributed by atoms with Gasteiger partial charge in [-0.1, -0.05) is 0 Å². The second-order valence-electron chi connectivity index (χ2n) is 3.80. The number of azo groups is 1. The fourth-order valence-electron chi connectivity index (χ4n) is 1.44. The number of nitrogens with two attached hydrogens (primary N) is 1. The van der Waals surface area contributed by atoms with Crippen LogP contribution in [0.5, 0.6) is 0 Å². The minimum absolute atomic E-state index is 0.0121. The van der Waals surface area contributed by atoms with Crippen LogP contribution in [0, 0.1) is 10.1 Å². The molecule has 0 aliphatic carbocycles. The quantitative estimate of drug-likeness (QED) is 0.494. The van der Waals surface area contributed by atoms with Crippen LogP contribution in [0.15, 0.2) is 45.4 Å². The number of benzene rings is 1. The number of aromatic amines is 1. The van der Waals surface area contributed by atoms with E-state index in [2.05, 4.69) is 20.2 Å². The summed E-state index contributed by atoms with van der Waals surface area (Å²) in [7, 11) is 0. The molecule has 102 valence electrons. The first kappa shape index (κ1) is 13.3. The van der Waals surface area contributed by atoms with Crippen molar-refractivity contribution in [2.24, 2.45) is 10.2 Å². The average Bonchev–Trinajstić information content (AvgIpc) is 2.38. The summed E-state index contributed by atoms with van der Waals surface area (Å²) in [4.78, 5) is 27.3. The van der Waals surface area contributed by atoms with Gasteiger partial charge in [0.2, 0.25) is 5.95 Å². The molecule has 0 aliphatic rings. The number of H-pyrrole nitrogens is 1. The Morgan fingerprint density at radius 3 is 2.65 bits per heavy atom. The lowest BCUT2D eigenvalue weighted by atomic mass is 10.3. The van der Waals surface area contributed by atoms with Crippen molar-refractivity contribution in [3.05, 3.63) is 56.5 Å². The zero-order valence-corrected chi connectivity index (χ0v) is 10.2. The van der Waals surface area contributed by atoms with Crippen LogP contribution in [0.4, 0.5) is 17.3 Å². The lowest BCUT2D eigenvalue weighted by Gasteiger charge is -1.96. The van der Waals surface area contributed by atoms with Crippen LogP contribution in [0.25, 0.3) is 0 Å². The Labute approximate surface area is 112 Å². The Morgan fingerprint density at radius 2 is 2.05 bits per heavy atom. The molecular formula is C11H10N6O3. The topological polar surface area (TPSA) is 140 Å². The van der Waals surface area contributed by atoms with Gasteiger partial charge in [0, 0.05) is 18.2 Å². The third-order valence-electron chi connectivity index (χ3n) is 2.29. The highest BCUT2D eigenvalue weighted by atomic mass is 16.6. The molecule has 0 radical (unpaired) electrons. The number of nitrogens with one attached hydrogen (secondary N) is 1. The maximum Gasteiger partial charge on any atom is 0.269 e. The lowest BCUT2D eigenvalue weighted by Crippen LogP contribution is -2.11. The van der Waals surface area contributed by atoms with Crippen LogP contribution in [0.2, 0.25) is 0 Å². The summed E-state index contributed by atoms with van der Waals surface area (Å²) in [6.45, 7) is 0.0884. The average molecular weight is 274 g/mol. The molecule has 0 spiro atoms. The maximum absolute atomic E-state index is 11.1. The summed E-state index contributed by atoms with van der Waals surface area (Å²) in [6, 6.07) is 6.88. The third-order valence-corrected chi connectivity index (χ3v) is 2.29. The molecule has 0 saturated carbocycles. The molecule has 1 heterocycles. The van der Waals surface area contributed by atoms with E-state index in [-0.39, 0.29) is 23.7 Å². The molecule has 3 N–H and O–H groups in total. The van der Waals surface area contributed by atoms with E-state index in [0.29, 0.717) is 11.4 Å². The molecule has 20 heavy (non-hydrogen) atoms. The van der Waals surface area contributed by atoms with E-state index in [4.69, 9.17) is 5.73 Å². The highest BCUT2D eigenvalue weighted by molar-refractivity contribution is 5.43. The molecule has 9 nitrogen and oxygen atoms in total. The van der Waals surface area contributed by atoms with Gasteiger partial charge in [-0.2, -0.15) is 10.2 Å². The number of nitrogen functional groups attached to an aromatic ring is 1. The van der Waals surface area contributed by atoms with Crippen LogP contribution in [-0.2, 0) is 6.54 Å². The normalized spacial score (nSPS) is 10.8. The van der Waals surface area contributed by atoms with Gasteiger partial charge in [0.25, 0.3) is 11.2 Å². The number of hydrogen-bond acceptors (Lipinski definition) is 7. The van der Waals surface area contributed by atoms with E-state index in [1.807, 2.05) is 0 Å². The Bertz CT molecular complexity index is 707. The lowest BCUT2D eigenvalue weighted by molar-refractivity contribution is -0.384. The van der Waals surface area contributed by atoms with Crippen molar-refractivity contribution in [1.82, 2.24) is 9.97 Å². The van der Waals surface area contributed by atoms with E-state index in [0.717, 1.165) is 0 Å². The van der Waals surface area contributed by atoms with Crippen molar-refractivity contribution in [2.75, 3.05) is 5.73 Å². The number of rotatable bonds is 4. The summed E-state index contributed by atoms with van der Waals surface area (Å²) in [5.74, 6) is 0.0121. The van der Waals surface area contributed by atoms with Crippen molar-refractivity contribution in [2.45, 2.75) is 6.54 Å². The number of hydrogen-bond donors (Lipinski definition) is 2. The molecule has 2 aromatic rings. The predicted molar refractivity (Wildman–Crippen MR) is 70.6 cm³/mol. The first-order chi connectivity index (χ1) is 9.54. The monoisotopic (exact) mass is 274 g/mol. The summed E-state index contributed by atoms with van der Waals surface area (Å²) in [6.07, 6.45) is 0. The maximum atomic E-state index is 11.1. The van der Waals surface area contributed by atoms with Gasteiger partial charge >= 0.3 is 0 Å². The van der Waals surface area contributed by atoms with Crippen molar-refractivity contribution < 1.29 is 4.92 Å². The van der Waals surface area contributed by atoms with Gasteiger partial charge in [-0.3, -0.25) is 19.9 Å². The van der Waals surface area contributed by atoms with Crippen LogP contribution in [0.3, 0.4) is 0 Å². The Kier molecular flexibility index (Phi) is 3.80. The molecule has 0 bridgehead atoms. The van der Waals surface area contributed by atoms with Crippen molar-refractivity contribution in [3.8, 4) is 0 Å². The fraction of sp³-hybridized carbons (Fsp3) is 0.0909. The molecule has 0 saturated heterocycles. The van der Waals surface area contributed by atoms with Crippen LogP contribution >= 0.6 is 0 Å². The predicted octanol–water partition coefficient (Wildman–Crippen LogP) is 1.54. The zero-order valence-electron chi connectivity index (χ0n) is 10.2. The first-order valence-corrected chi connectivity index (χ1v) is 5.52. The van der Waals surface area contributed by atoms with E-state index in [1.54, 1.807) is 0 Å². The molecule has 0 unspecified atom stereocenters. The number of nitrogens with zero attached hydrogens (tertiary/aromatic N) is 4. The van der Waals surface area contributed by atoms with Gasteiger partial charge in [-0.05, 0) is 12.1 Å². The molecule has 0 amide bonds. The van der Waals surface area contributed by atoms with E-state index in [1.165, 1.54) is 30.3 Å². The van der Waals surface area contributed by atoms with Gasteiger partial charge < -0.3 is 5.73 Å². The number of non-ortho nitro benzene ring substituents is 1. The van der Waals surface area contributed by atoms with E-state index in [9.17, 15) is 14.9 Å². The molecule has 0 aliphatic heterocycles. The Hall–Kier alpha value is -3.10. The summed E-state index contributed by atoms with van der Waals surface area (Å²) < 4.78 is 0.